The number of aromatic nitrogens is 1. The summed E-state index contributed by atoms with van der Waals surface area (Å²) in [6, 6.07) is 3.72. The van der Waals surface area contributed by atoms with Gasteiger partial charge in [-0.3, -0.25) is 9.88 Å². The van der Waals surface area contributed by atoms with Crippen LogP contribution in [0.2, 0.25) is 0 Å². The van der Waals surface area contributed by atoms with Crippen LogP contribution in [0.5, 0.6) is 0 Å². The average molecular weight is 277 g/mol. The molecule has 0 saturated carbocycles. The number of likely N-dealkylation sites (tertiary alicyclic amines) is 1. The molecule has 1 aliphatic rings. The second-order valence-corrected chi connectivity index (χ2v) is 4.70. The lowest BCUT2D eigenvalue weighted by atomic mass is 10.3. The summed E-state index contributed by atoms with van der Waals surface area (Å²) in [5.41, 5.74) is 0.830. The summed E-state index contributed by atoms with van der Waals surface area (Å²) >= 11 is 3.28. The van der Waals surface area contributed by atoms with Crippen LogP contribution in [-0.4, -0.2) is 28.9 Å². The molecular weight excluding hydrogens is 266 g/mol. The molecule has 15 heavy (non-hydrogen) atoms. The van der Waals surface area contributed by atoms with Crippen molar-refractivity contribution in [2.45, 2.75) is 18.9 Å². The van der Waals surface area contributed by atoms with Gasteiger partial charge in [-0.1, -0.05) is 0 Å². The molecule has 5 heteroatoms. The summed E-state index contributed by atoms with van der Waals surface area (Å²) < 4.78 is 26.7. The smallest absolute Gasteiger partial charge is 0.261 e. The van der Waals surface area contributed by atoms with Crippen LogP contribution in [0.25, 0.3) is 0 Å². The molecule has 0 spiro atoms. The molecule has 1 fully saturated rings. The highest BCUT2D eigenvalue weighted by Gasteiger charge is 2.37. The van der Waals surface area contributed by atoms with Gasteiger partial charge in [0.05, 0.1) is 12.2 Å². The molecule has 1 aliphatic heterocycles. The van der Waals surface area contributed by atoms with Crippen molar-refractivity contribution < 1.29 is 8.78 Å². The summed E-state index contributed by atoms with van der Waals surface area (Å²) in [6.45, 7) is 0.804. The van der Waals surface area contributed by atoms with Crippen molar-refractivity contribution in [3.05, 3.63) is 28.5 Å². The molecule has 1 aromatic heterocycles. The van der Waals surface area contributed by atoms with Gasteiger partial charge in [-0.05, 0) is 28.1 Å². The number of hydrogen-bond acceptors (Lipinski definition) is 2. The van der Waals surface area contributed by atoms with E-state index in [1.54, 1.807) is 11.1 Å². The maximum Gasteiger partial charge on any atom is 0.261 e. The normalized spacial score (nSPS) is 20.7. The van der Waals surface area contributed by atoms with E-state index in [1.807, 2.05) is 12.1 Å². The number of hydrogen-bond donors (Lipinski definition) is 0. The third-order valence-corrected chi connectivity index (χ3v) is 2.89. The Balaban J connectivity index is 1.96. The Kier molecular flexibility index (Phi) is 3.02. The Morgan fingerprint density at radius 1 is 1.47 bits per heavy atom. The van der Waals surface area contributed by atoms with E-state index in [1.165, 1.54) is 0 Å². The van der Waals surface area contributed by atoms with Crippen LogP contribution >= 0.6 is 15.9 Å². The first-order valence-electron chi connectivity index (χ1n) is 4.76. The highest BCUT2D eigenvalue weighted by molar-refractivity contribution is 9.10. The maximum absolute atomic E-state index is 12.9. The van der Waals surface area contributed by atoms with E-state index < -0.39 is 5.92 Å². The van der Waals surface area contributed by atoms with Gasteiger partial charge in [0.25, 0.3) is 5.92 Å². The molecule has 0 unspecified atom stereocenters. The molecule has 2 heterocycles. The predicted molar refractivity (Wildman–Crippen MR) is 56.8 cm³/mol. The molecular formula is C10H11BrF2N2. The number of nitrogens with zero attached hydrogens (tertiary/aromatic N) is 2. The van der Waals surface area contributed by atoms with Crippen molar-refractivity contribution in [1.82, 2.24) is 9.88 Å². The zero-order chi connectivity index (χ0) is 10.9. The Morgan fingerprint density at radius 2 is 2.27 bits per heavy atom. The van der Waals surface area contributed by atoms with E-state index in [0.717, 1.165) is 10.2 Å². The Labute approximate surface area is 95.4 Å². The van der Waals surface area contributed by atoms with Gasteiger partial charge in [0, 0.05) is 30.2 Å². The van der Waals surface area contributed by atoms with E-state index in [9.17, 15) is 8.78 Å². The minimum Gasteiger partial charge on any atom is -0.291 e. The fraction of sp³-hybridized carbons (Fsp3) is 0.500. The number of alkyl halides is 2. The standard InChI is InChI=1S/C10H11BrF2N2/c11-8-1-2-9(14-5-8)6-15-4-3-10(12,13)7-15/h1-2,5H,3-4,6-7H2. The van der Waals surface area contributed by atoms with Crippen LogP contribution in [0.1, 0.15) is 12.1 Å². The minimum absolute atomic E-state index is 0.0382. The molecule has 0 amide bonds. The molecule has 82 valence electrons. The summed E-state index contributed by atoms with van der Waals surface area (Å²) in [7, 11) is 0. The second kappa shape index (κ2) is 4.14. The minimum atomic E-state index is -2.52. The summed E-state index contributed by atoms with van der Waals surface area (Å²) in [5, 5.41) is 0. The van der Waals surface area contributed by atoms with E-state index in [4.69, 9.17) is 0 Å². The molecule has 0 bridgehead atoms. The fourth-order valence-electron chi connectivity index (χ4n) is 1.67. The third-order valence-electron chi connectivity index (χ3n) is 2.42. The van der Waals surface area contributed by atoms with Crippen LogP contribution in [0.15, 0.2) is 22.8 Å². The SMILES string of the molecule is FC1(F)CCN(Cc2ccc(Br)cn2)C1. The number of pyridine rings is 1. The predicted octanol–water partition coefficient (Wildman–Crippen LogP) is 2.69. The van der Waals surface area contributed by atoms with Gasteiger partial charge in [0.2, 0.25) is 0 Å². The lowest BCUT2D eigenvalue weighted by Crippen LogP contribution is -2.25. The Morgan fingerprint density at radius 3 is 2.80 bits per heavy atom. The zero-order valence-corrected chi connectivity index (χ0v) is 9.67. The maximum atomic E-state index is 12.9. The van der Waals surface area contributed by atoms with E-state index in [0.29, 0.717) is 13.1 Å². The molecule has 0 aromatic carbocycles. The monoisotopic (exact) mass is 276 g/mol. The van der Waals surface area contributed by atoms with Gasteiger partial charge >= 0.3 is 0 Å². The molecule has 0 aliphatic carbocycles. The largest absolute Gasteiger partial charge is 0.291 e. The van der Waals surface area contributed by atoms with Gasteiger partial charge in [0.1, 0.15) is 0 Å². The van der Waals surface area contributed by atoms with E-state index >= 15 is 0 Å². The summed E-state index contributed by atoms with van der Waals surface area (Å²) in [5.74, 6) is -2.52. The zero-order valence-electron chi connectivity index (χ0n) is 8.09. The molecule has 1 saturated heterocycles. The topological polar surface area (TPSA) is 16.1 Å². The van der Waals surface area contributed by atoms with Crippen molar-refractivity contribution in [3.63, 3.8) is 0 Å². The third kappa shape index (κ3) is 2.95. The average Bonchev–Trinajstić information content (AvgIpc) is 2.50. The molecule has 1 aromatic rings. The van der Waals surface area contributed by atoms with Crippen LogP contribution < -0.4 is 0 Å². The Bertz CT molecular complexity index is 340. The van der Waals surface area contributed by atoms with Crippen molar-refractivity contribution in [2.24, 2.45) is 0 Å². The van der Waals surface area contributed by atoms with E-state index in [-0.39, 0.29) is 13.0 Å². The molecule has 0 N–H and O–H groups in total. The second-order valence-electron chi connectivity index (χ2n) is 3.78. The van der Waals surface area contributed by atoms with Crippen LogP contribution in [0, 0.1) is 0 Å². The number of halogens is 3. The fourth-order valence-corrected chi connectivity index (χ4v) is 1.91. The van der Waals surface area contributed by atoms with E-state index in [2.05, 4.69) is 20.9 Å². The van der Waals surface area contributed by atoms with Gasteiger partial charge in [-0.2, -0.15) is 0 Å². The highest BCUT2D eigenvalue weighted by atomic mass is 79.9. The first kappa shape index (κ1) is 11.0. The van der Waals surface area contributed by atoms with Crippen LogP contribution in [-0.2, 0) is 6.54 Å². The molecule has 0 radical (unpaired) electrons. The van der Waals surface area contributed by atoms with Gasteiger partial charge < -0.3 is 0 Å². The molecule has 2 nitrogen and oxygen atoms in total. The summed E-state index contributed by atoms with van der Waals surface area (Å²) in [6.07, 6.45) is 1.65. The van der Waals surface area contributed by atoms with Crippen molar-refractivity contribution in [3.8, 4) is 0 Å². The number of rotatable bonds is 2. The highest BCUT2D eigenvalue weighted by Crippen LogP contribution is 2.27. The first-order valence-corrected chi connectivity index (χ1v) is 5.55. The van der Waals surface area contributed by atoms with Gasteiger partial charge in [-0.15, -0.1) is 0 Å². The lowest BCUT2D eigenvalue weighted by Gasteiger charge is -2.14. The van der Waals surface area contributed by atoms with Crippen molar-refractivity contribution in [2.75, 3.05) is 13.1 Å². The van der Waals surface area contributed by atoms with Crippen molar-refractivity contribution in [1.29, 1.82) is 0 Å². The molecule has 0 atom stereocenters. The summed E-state index contributed by atoms with van der Waals surface area (Å²) in [4.78, 5) is 5.89. The van der Waals surface area contributed by atoms with Crippen molar-refractivity contribution >= 4 is 15.9 Å². The first-order chi connectivity index (χ1) is 7.05. The lowest BCUT2D eigenvalue weighted by molar-refractivity contribution is 0.0114. The Hall–Kier alpha value is -0.550. The van der Waals surface area contributed by atoms with Gasteiger partial charge in [0.15, 0.2) is 0 Å². The van der Waals surface area contributed by atoms with Crippen LogP contribution in [0.4, 0.5) is 8.78 Å². The van der Waals surface area contributed by atoms with Crippen LogP contribution in [0.3, 0.4) is 0 Å². The van der Waals surface area contributed by atoms with Gasteiger partial charge in [-0.25, -0.2) is 8.78 Å². The quantitative estimate of drug-likeness (QED) is 0.826. The molecule has 2 rings (SSSR count).